The van der Waals surface area contributed by atoms with Gasteiger partial charge in [0.05, 0.1) is 28.9 Å². The van der Waals surface area contributed by atoms with E-state index in [1.165, 1.54) is 7.11 Å². The first-order valence-electron chi connectivity index (χ1n) is 8.89. The van der Waals surface area contributed by atoms with Crippen molar-refractivity contribution in [1.82, 2.24) is 9.13 Å². The van der Waals surface area contributed by atoms with E-state index in [9.17, 15) is 9.59 Å². The van der Waals surface area contributed by atoms with E-state index in [1.54, 1.807) is 22.8 Å². The monoisotopic (exact) mass is 385 g/mol. The van der Waals surface area contributed by atoms with E-state index in [4.69, 9.17) is 22.1 Å². The minimum Gasteiger partial charge on any atom is -0.469 e. The smallest absolute Gasteiger partial charge is 0.334 e. The number of hydrogen-bond donors (Lipinski definition) is 1. The van der Waals surface area contributed by atoms with Crippen LogP contribution in [0.2, 0.25) is 5.02 Å². The van der Waals surface area contributed by atoms with Gasteiger partial charge in [0.25, 0.3) is 0 Å². The minimum absolute atomic E-state index is 0.134. The van der Waals surface area contributed by atoms with Crippen molar-refractivity contribution in [3.63, 3.8) is 0 Å². The average molecular weight is 386 g/mol. The first-order chi connectivity index (χ1) is 13.0. The van der Waals surface area contributed by atoms with Crippen molar-refractivity contribution in [3.05, 3.63) is 57.5 Å². The van der Waals surface area contributed by atoms with E-state index < -0.39 is 0 Å². The number of rotatable bonds is 5. The molecule has 0 bridgehead atoms. The Bertz CT molecular complexity index is 1100. The lowest BCUT2D eigenvalue weighted by Gasteiger charge is -2.13. The fourth-order valence-electron chi connectivity index (χ4n) is 3.54. The number of ether oxygens (including phenoxy) is 1. The molecule has 0 aliphatic heterocycles. The Morgan fingerprint density at radius 2 is 2.00 bits per heavy atom. The Labute approximate surface area is 161 Å². The topological polar surface area (TPSA) is 79.2 Å². The van der Waals surface area contributed by atoms with Gasteiger partial charge in [-0.3, -0.25) is 13.9 Å². The van der Waals surface area contributed by atoms with Crippen LogP contribution < -0.4 is 11.4 Å². The molecule has 140 valence electrons. The van der Waals surface area contributed by atoms with E-state index in [2.05, 4.69) is 0 Å². The number of aromatic nitrogens is 2. The van der Waals surface area contributed by atoms with Gasteiger partial charge in [0.2, 0.25) is 0 Å². The van der Waals surface area contributed by atoms with Crippen molar-refractivity contribution in [1.29, 1.82) is 0 Å². The first kappa shape index (κ1) is 17.7. The van der Waals surface area contributed by atoms with Crippen LogP contribution in [0.4, 0.5) is 5.69 Å². The molecule has 0 amide bonds. The summed E-state index contributed by atoms with van der Waals surface area (Å²) in [7, 11) is 1.35. The number of nitrogens with two attached hydrogens (primary N) is 1. The zero-order chi connectivity index (χ0) is 19.1. The zero-order valence-electron chi connectivity index (χ0n) is 14.9. The van der Waals surface area contributed by atoms with Crippen molar-refractivity contribution in [2.45, 2.75) is 31.7 Å². The molecule has 0 saturated heterocycles. The van der Waals surface area contributed by atoms with Gasteiger partial charge in [-0.25, -0.2) is 4.79 Å². The highest BCUT2D eigenvalue weighted by atomic mass is 35.5. The summed E-state index contributed by atoms with van der Waals surface area (Å²) in [6.45, 7) is 0. The Morgan fingerprint density at radius 1 is 1.26 bits per heavy atom. The summed E-state index contributed by atoms with van der Waals surface area (Å²) in [5, 5.41) is 0.505. The third-order valence-electron chi connectivity index (χ3n) is 4.99. The third-order valence-corrected chi connectivity index (χ3v) is 5.30. The van der Waals surface area contributed by atoms with Gasteiger partial charge in [-0.2, -0.15) is 0 Å². The molecule has 27 heavy (non-hydrogen) atoms. The second kappa shape index (κ2) is 6.78. The van der Waals surface area contributed by atoms with Gasteiger partial charge in [-0.05, 0) is 49.1 Å². The molecule has 1 aromatic heterocycles. The number of benzene rings is 2. The molecule has 7 heteroatoms. The first-order valence-corrected chi connectivity index (χ1v) is 9.26. The predicted molar refractivity (Wildman–Crippen MR) is 106 cm³/mol. The predicted octanol–water partition coefficient (Wildman–Crippen LogP) is 3.47. The molecule has 0 spiro atoms. The lowest BCUT2D eigenvalue weighted by Crippen LogP contribution is -2.23. The highest BCUT2D eigenvalue weighted by Gasteiger charge is 2.30. The Kier molecular flexibility index (Phi) is 4.44. The summed E-state index contributed by atoms with van der Waals surface area (Å²) >= 11 is 6.49. The largest absolute Gasteiger partial charge is 0.469 e. The van der Waals surface area contributed by atoms with E-state index in [0.29, 0.717) is 28.3 Å². The van der Waals surface area contributed by atoms with Crippen molar-refractivity contribution >= 4 is 34.3 Å². The van der Waals surface area contributed by atoms with Crippen LogP contribution in [-0.2, 0) is 16.0 Å². The maximum Gasteiger partial charge on any atom is 0.334 e. The molecule has 6 nitrogen and oxygen atoms in total. The SMILES string of the molecule is COC(=O)CCc1c(N)cccc1-n1c(=O)n(C2CC2)c2cccc(Cl)c21. The highest BCUT2D eigenvalue weighted by molar-refractivity contribution is 6.35. The summed E-state index contributed by atoms with van der Waals surface area (Å²) in [5.74, 6) is -0.324. The number of esters is 1. The van der Waals surface area contributed by atoms with Crippen molar-refractivity contribution in [2.24, 2.45) is 0 Å². The lowest BCUT2D eigenvalue weighted by atomic mass is 10.0. The van der Waals surface area contributed by atoms with Gasteiger partial charge in [0.1, 0.15) is 0 Å². The summed E-state index contributed by atoms with van der Waals surface area (Å²) in [4.78, 5) is 24.9. The molecule has 2 aromatic carbocycles. The molecule has 0 unspecified atom stereocenters. The molecular formula is C20H20ClN3O3. The summed E-state index contributed by atoms with van der Waals surface area (Å²) in [6, 6.07) is 11.2. The number of hydrogen-bond acceptors (Lipinski definition) is 4. The average Bonchev–Trinajstić information content (AvgIpc) is 3.44. The van der Waals surface area contributed by atoms with Gasteiger partial charge in [-0.15, -0.1) is 0 Å². The van der Waals surface area contributed by atoms with E-state index in [0.717, 1.165) is 23.9 Å². The second-order valence-corrected chi connectivity index (χ2v) is 7.15. The molecule has 0 atom stereocenters. The Morgan fingerprint density at radius 3 is 2.70 bits per heavy atom. The maximum atomic E-state index is 13.3. The molecule has 1 aliphatic carbocycles. The van der Waals surface area contributed by atoms with E-state index in [-0.39, 0.29) is 24.1 Å². The molecule has 1 heterocycles. The van der Waals surface area contributed by atoms with Crippen LogP contribution in [0.1, 0.15) is 30.9 Å². The van der Waals surface area contributed by atoms with Gasteiger partial charge < -0.3 is 10.5 Å². The Hall–Kier alpha value is -2.73. The maximum absolute atomic E-state index is 13.3. The van der Waals surface area contributed by atoms with Gasteiger partial charge >= 0.3 is 11.7 Å². The van der Waals surface area contributed by atoms with Crippen molar-refractivity contribution in [2.75, 3.05) is 12.8 Å². The number of para-hydroxylation sites is 1. The summed E-state index contributed by atoms with van der Waals surface area (Å²) in [5.41, 5.74) is 9.46. The van der Waals surface area contributed by atoms with Crippen molar-refractivity contribution < 1.29 is 9.53 Å². The van der Waals surface area contributed by atoms with Crippen LogP contribution in [0.25, 0.3) is 16.7 Å². The number of imidazole rings is 1. The molecule has 2 N–H and O–H groups in total. The van der Waals surface area contributed by atoms with Crippen LogP contribution in [0.3, 0.4) is 0 Å². The number of halogens is 1. The van der Waals surface area contributed by atoms with Gasteiger partial charge in [-0.1, -0.05) is 23.7 Å². The third kappa shape index (κ3) is 3.00. The van der Waals surface area contributed by atoms with Crippen LogP contribution in [0.5, 0.6) is 0 Å². The zero-order valence-corrected chi connectivity index (χ0v) is 15.7. The fourth-order valence-corrected chi connectivity index (χ4v) is 3.79. The molecule has 3 aromatic rings. The standard InChI is InChI=1S/C20H20ClN3O3/c1-27-18(25)11-10-13-15(22)5-3-6-16(13)24-19-14(21)4-2-7-17(19)23(20(24)26)12-8-9-12/h2-7,12H,8-11,22H2,1H3. The number of carbonyl (C=O) groups is 1. The number of nitrogens with zero attached hydrogens (tertiary/aromatic N) is 2. The number of carbonyl (C=O) groups excluding carboxylic acids is 1. The van der Waals surface area contributed by atoms with Crippen molar-refractivity contribution in [3.8, 4) is 5.69 Å². The van der Waals surface area contributed by atoms with Crippen LogP contribution >= 0.6 is 11.6 Å². The van der Waals surface area contributed by atoms with Crippen LogP contribution in [-0.4, -0.2) is 22.2 Å². The van der Waals surface area contributed by atoms with Gasteiger partial charge in [0, 0.05) is 18.2 Å². The van der Waals surface area contributed by atoms with Gasteiger partial charge in [0.15, 0.2) is 0 Å². The Balaban J connectivity index is 1.96. The molecule has 1 aliphatic rings. The normalized spacial score (nSPS) is 13.9. The molecule has 4 rings (SSSR count). The number of anilines is 1. The molecule has 1 saturated carbocycles. The quantitative estimate of drug-likeness (QED) is 0.538. The molecule has 0 radical (unpaired) electrons. The second-order valence-electron chi connectivity index (χ2n) is 6.75. The summed E-state index contributed by atoms with van der Waals surface area (Å²) < 4.78 is 8.18. The highest BCUT2D eigenvalue weighted by Crippen LogP contribution is 2.38. The molecular weight excluding hydrogens is 366 g/mol. The van der Waals surface area contributed by atoms with E-state index in [1.807, 2.05) is 22.8 Å². The minimum atomic E-state index is -0.324. The number of nitrogen functional groups attached to an aromatic ring is 1. The van der Waals surface area contributed by atoms with Crippen LogP contribution in [0.15, 0.2) is 41.2 Å². The number of methoxy groups -OCH3 is 1. The van der Waals surface area contributed by atoms with E-state index >= 15 is 0 Å². The fraction of sp³-hybridized carbons (Fsp3) is 0.300. The number of fused-ring (bicyclic) bond motifs is 1. The van der Waals surface area contributed by atoms with Crippen LogP contribution in [0, 0.1) is 0 Å². The lowest BCUT2D eigenvalue weighted by molar-refractivity contribution is -0.140. The molecule has 1 fully saturated rings. The summed E-state index contributed by atoms with van der Waals surface area (Å²) in [6.07, 6.45) is 2.53.